The predicted molar refractivity (Wildman–Crippen MR) is 74.2 cm³/mol. The number of ether oxygens (including phenoxy) is 1. The highest BCUT2D eigenvalue weighted by Gasteiger charge is 2.14. The van der Waals surface area contributed by atoms with Gasteiger partial charge in [0.15, 0.2) is 5.78 Å². The molecule has 1 unspecified atom stereocenters. The Balaban J connectivity index is 2.69. The molecule has 0 saturated heterocycles. The Kier molecular flexibility index (Phi) is 6.04. The summed E-state index contributed by atoms with van der Waals surface area (Å²) in [6.45, 7) is 5.54. The molecule has 0 fully saturated rings. The summed E-state index contributed by atoms with van der Waals surface area (Å²) in [6.07, 6.45) is 0. The SMILES string of the molecule is CCN(CC(=O)c1cccc(OC)c1)CC(C)C#N. The van der Waals surface area contributed by atoms with Crippen molar-refractivity contribution in [3.05, 3.63) is 29.8 Å². The molecule has 1 atom stereocenters. The average Bonchev–Trinajstić information content (AvgIpc) is 2.46. The number of benzene rings is 1. The lowest BCUT2D eigenvalue weighted by atomic mass is 10.1. The topological polar surface area (TPSA) is 53.3 Å². The van der Waals surface area contributed by atoms with Crippen LogP contribution in [0, 0.1) is 17.2 Å². The molecule has 0 amide bonds. The summed E-state index contributed by atoms with van der Waals surface area (Å²) >= 11 is 0. The van der Waals surface area contributed by atoms with Crippen molar-refractivity contribution in [2.24, 2.45) is 5.92 Å². The highest BCUT2D eigenvalue weighted by molar-refractivity contribution is 5.97. The number of nitriles is 1. The third kappa shape index (κ3) is 4.72. The fourth-order valence-electron chi connectivity index (χ4n) is 1.82. The zero-order valence-corrected chi connectivity index (χ0v) is 11.7. The van der Waals surface area contributed by atoms with Crippen molar-refractivity contribution < 1.29 is 9.53 Å². The van der Waals surface area contributed by atoms with Gasteiger partial charge in [-0.3, -0.25) is 9.69 Å². The zero-order chi connectivity index (χ0) is 14.3. The van der Waals surface area contributed by atoms with E-state index in [1.165, 1.54) is 0 Å². The van der Waals surface area contributed by atoms with Gasteiger partial charge in [-0.25, -0.2) is 0 Å². The quantitative estimate of drug-likeness (QED) is 0.706. The second-order valence-electron chi connectivity index (χ2n) is 4.51. The fourth-order valence-corrected chi connectivity index (χ4v) is 1.82. The Morgan fingerprint density at radius 2 is 2.26 bits per heavy atom. The van der Waals surface area contributed by atoms with Crippen molar-refractivity contribution in [3.63, 3.8) is 0 Å². The minimum absolute atomic E-state index is 0.0471. The highest BCUT2D eigenvalue weighted by atomic mass is 16.5. The van der Waals surface area contributed by atoms with Gasteiger partial charge in [-0.05, 0) is 25.6 Å². The first-order chi connectivity index (χ1) is 9.10. The van der Waals surface area contributed by atoms with Crippen LogP contribution in [0.3, 0.4) is 0 Å². The second kappa shape index (κ2) is 7.55. The highest BCUT2D eigenvalue weighted by Crippen LogP contribution is 2.13. The van der Waals surface area contributed by atoms with Crippen LogP contribution in [-0.4, -0.2) is 37.4 Å². The van der Waals surface area contributed by atoms with Gasteiger partial charge in [0.2, 0.25) is 0 Å². The maximum atomic E-state index is 12.2. The Labute approximate surface area is 114 Å². The molecular weight excluding hydrogens is 240 g/mol. The van der Waals surface area contributed by atoms with E-state index in [2.05, 4.69) is 6.07 Å². The van der Waals surface area contributed by atoms with Crippen LogP contribution in [0.25, 0.3) is 0 Å². The van der Waals surface area contributed by atoms with E-state index in [4.69, 9.17) is 10.00 Å². The third-order valence-electron chi connectivity index (χ3n) is 2.96. The summed E-state index contributed by atoms with van der Waals surface area (Å²) in [5.74, 6) is 0.656. The van der Waals surface area contributed by atoms with Crippen molar-refractivity contribution in [1.29, 1.82) is 5.26 Å². The number of Topliss-reactive ketones (excluding diaryl/α,β-unsaturated/α-hetero) is 1. The molecular formula is C15H20N2O2. The molecule has 0 aromatic heterocycles. The summed E-state index contributed by atoms with van der Waals surface area (Å²) in [5, 5.41) is 8.82. The standard InChI is InChI=1S/C15H20N2O2/c1-4-17(10-12(2)9-16)11-15(18)13-6-5-7-14(8-13)19-3/h5-8,12H,4,10-11H2,1-3H3. The van der Waals surface area contributed by atoms with Gasteiger partial charge < -0.3 is 4.74 Å². The molecule has 0 aliphatic heterocycles. The molecule has 0 bridgehead atoms. The normalized spacial score (nSPS) is 11.9. The molecule has 0 spiro atoms. The Morgan fingerprint density at radius 1 is 1.53 bits per heavy atom. The number of methoxy groups -OCH3 is 1. The molecule has 1 aromatic rings. The molecule has 1 aromatic carbocycles. The molecule has 102 valence electrons. The Hall–Kier alpha value is -1.86. The summed E-state index contributed by atoms with van der Waals surface area (Å²) in [4.78, 5) is 14.2. The van der Waals surface area contributed by atoms with Crippen molar-refractivity contribution >= 4 is 5.78 Å². The van der Waals surface area contributed by atoms with Gasteiger partial charge in [0.05, 0.1) is 25.6 Å². The van der Waals surface area contributed by atoms with E-state index in [0.29, 0.717) is 24.4 Å². The molecule has 4 nitrogen and oxygen atoms in total. The van der Waals surface area contributed by atoms with Gasteiger partial charge in [0.25, 0.3) is 0 Å². The van der Waals surface area contributed by atoms with E-state index in [1.54, 1.807) is 25.3 Å². The molecule has 0 radical (unpaired) electrons. The number of rotatable bonds is 7. The van der Waals surface area contributed by atoms with E-state index < -0.39 is 0 Å². The lowest BCUT2D eigenvalue weighted by Gasteiger charge is -2.20. The summed E-state index contributed by atoms with van der Waals surface area (Å²) < 4.78 is 5.11. The van der Waals surface area contributed by atoms with Gasteiger partial charge in [-0.1, -0.05) is 19.1 Å². The molecule has 0 saturated carbocycles. The van der Waals surface area contributed by atoms with Crippen LogP contribution in [0.2, 0.25) is 0 Å². The van der Waals surface area contributed by atoms with Gasteiger partial charge in [-0.2, -0.15) is 5.26 Å². The number of carbonyl (C=O) groups is 1. The Bertz CT molecular complexity index is 465. The number of nitrogens with zero attached hydrogens (tertiary/aromatic N) is 2. The monoisotopic (exact) mass is 260 g/mol. The van der Waals surface area contributed by atoms with E-state index >= 15 is 0 Å². The zero-order valence-electron chi connectivity index (χ0n) is 11.7. The van der Waals surface area contributed by atoms with Crippen molar-refractivity contribution in [1.82, 2.24) is 4.90 Å². The number of carbonyl (C=O) groups excluding carboxylic acids is 1. The maximum Gasteiger partial charge on any atom is 0.176 e. The smallest absolute Gasteiger partial charge is 0.176 e. The first-order valence-electron chi connectivity index (χ1n) is 6.40. The van der Waals surface area contributed by atoms with Gasteiger partial charge >= 0.3 is 0 Å². The van der Waals surface area contributed by atoms with Gasteiger partial charge in [0, 0.05) is 12.1 Å². The van der Waals surface area contributed by atoms with E-state index in [1.807, 2.05) is 24.8 Å². The van der Waals surface area contributed by atoms with Crippen molar-refractivity contribution in [2.45, 2.75) is 13.8 Å². The number of hydrogen-bond acceptors (Lipinski definition) is 4. The Morgan fingerprint density at radius 3 is 2.84 bits per heavy atom. The lowest BCUT2D eigenvalue weighted by Crippen LogP contribution is -2.33. The molecule has 0 aliphatic carbocycles. The van der Waals surface area contributed by atoms with E-state index in [9.17, 15) is 4.79 Å². The molecule has 0 heterocycles. The molecule has 0 N–H and O–H groups in total. The van der Waals surface area contributed by atoms with E-state index in [-0.39, 0.29) is 11.7 Å². The minimum Gasteiger partial charge on any atom is -0.497 e. The third-order valence-corrected chi connectivity index (χ3v) is 2.96. The van der Waals surface area contributed by atoms with Crippen LogP contribution >= 0.6 is 0 Å². The average molecular weight is 260 g/mol. The maximum absolute atomic E-state index is 12.2. The number of likely N-dealkylation sites (N-methyl/N-ethyl adjacent to an activating group) is 1. The summed E-state index contributed by atoms with van der Waals surface area (Å²) in [7, 11) is 1.58. The first kappa shape index (κ1) is 15.2. The van der Waals surface area contributed by atoms with Crippen LogP contribution in [-0.2, 0) is 0 Å². The fraction of sp³-hybridized carbons (Fsp3) is 0.467. The van der Waals surface area contributed by atoms with Crippen LogP contribution in [0.5, 0.6) is 5.75 Å². The minimum atomic E-state index is -0.0712. The number of ketones is 1. The predicted octanol–water partition coefficient (Wildman–Crippen LogP) is 2.36. The second-order valence-corrected chi connectivity index (χ2v) is 4.51. The number of hydrogen-bond donors (Lipinski definition) is 0. The largest absolute Gasteiger partial charge is 0.497 e. The molecule has 1 rings (SSSR count). The van der Waals surface area contributed by atoms with E-state index in [0.717, 1.165) is 6.54 Å². The van der Waals surface area contributed by atoms with Crippen LogP contribution < -0.4 is 4.74 Å². The lowest BCUT2D eigenvalue weighted by molar-refractivity contribution is 0.0929. The van der Waals surface area contributed by atoms with Crippen LogP contribution in [0.1, 0.15) is 24.2 Å². The van der Waals surface area contributed by atoms with Gasteiger partial charge in [-0.15, -0.1) is 0 Å². The summed E-state index contributed by atoms with van der Waals surface area (Å²) in [6, 6.07) is 9.33. The molecule has 4 heteroatoms. The van der Waals surface area contributed by atoms with Gasteiger partial charge in [0.1, 0.15) is 5.75 Å². The molecule has 0 aliphatic rings. The van der Waals surface area contributed by atoms with Crippen molar-refractivity contribution in [3.8, 4) is 11.8 Å². The first-order valence-corrected chi connectivity index (χ1v) is 6.40. The summed E-state index contributed by atoms with van der Waals surface area (Å²) in [5.41, 5.74) is 0.641. The van der Waals surface area contributed by atoms with Crippen LogP contribution in [0.15, 0.2) is 24.3 Å². The molecule has 19 heavy (non-hydrogen) atoms. The van der Waals surface area contributed by atoms with Crippen LogP contribution in [0.4, 0.5) is 0 Å². The van der Waals surface area contributed by atoms with Crippen molar-refractivity contribution in [2.75, 3.05) is 26.7 Å².